The minimum Gasteiger partial charge on any atom is -0.476 e. The van der Waals surface area contributed by atoms with E-state index in [1.165, 1.54) is 12.4 Å². The van der Waals surface area contributed by atoms with E-state index in [9.17, 15) is 9.90 Å². The number of hydrogen-bond acceptors (Lipinski definition) is 5. The van der Waals surface area contributed by atoms with Crippen LogP contribution in [0, 0.1) is 0 Å². The van der Waals surface area contributed by atoms with Gasteiger partial charge in [-0.2, -0.15) is 0 Å². The predicted octanol–water partition coefficient (Wildman–Crippen LogP) is 3.07. The SMILES string of the molecule is C[Si](C)(C)CCOCONC=Cc1c(C(=O)O)ncc2[nH]ccc12. The van der Waals surface area contributed by atoms with Crippen LogP contribution < -0.4 is 5.48 Å². The number of nitrogens with one attached hydrogen (secondary N) is 2. The van der Waals surface area contributed by atoms with Gasteiger partial charge in [0.1, 0.15) is 0 Å². The number of rotatable bonds is 9. The molecule has 0 aliphatic carbocycles. The maximum absolute atomic E-state index is 11.3. The first kappa shape index (κ1) is 18.2. The van der Waals surface area contributed by atoms with Crippen LogP contribution in [0.25, 0.3) is 17.0 Å². The third-order valence-corrected chi connectivity index (χ3v) is 5.09. The van der Waals surface area contributed by atoms with E-state index in [4.69, 9.17) is 9.57 Å². The molecule has 0 aliphatic rings. The average Bonchev–Trinajstić information content (AvgIpc) is 2.97. The number of aromatic carboxylic acids is 1. The maximum atomic E-state index is 11.3. The highest BCUT2D eigenvalue weighted by Crippen LogP contribution is 2.21. The van der Waals surface area contributed by atoms with Crippen molar-refractivity contribution in [3.63, 3.8) is 0 Å². The Labute approximate surface area is 141 Å². The summed E-state index contributed by atoms with van der Waals surface area (Å²) in [5.74, 6) is -1.08. The van der Waals surface area contributed by atoms with Gasteiger partial charge in [0.15, 0.2) is 12.5 Å². The molecule has 2 rings (SSSR count). The molecule has 2 heterocycles. The number of ether oxygens (including phenoxy) is 1. The molecular weight excluding hydrogens is 326 g/mol. The van der Waals surface area contributed by atoms with Crippen molar-refractivity contribution in [2.24, 2.45) is 0 Å². The molecule has 3 N–H and O–H groups in total. The Kier molecular flexibility index (Phi) is 6.13. The second-order valence-corrected chi connectivity index (χ2v) is 12.2. The number of aromatic amines is 1. The summed E-state index contributed by atoms with van der Waals surface area (Å²) in [4.78, 5) is 23.4. The van der Waals surface area contributed by atoms with Crippen LogP contribution in [0.1, 0.15) is 16.1 Å². The fraction of sp³-hybridized carbons (Fsp3) is 0.375. The molecule has 0 spiro atoms. The van der Waals surface area contributed by atoms with Gasteiger partial charge in [-0.1, -0.05) is 19.6 Å². The minimum absolute atomic E-state index is 0.00784. The lowest BCUT2D eigenvalue weighted by Crippen LogP contribution is -2.22. The van der Waals surface area contributed by atoms with Crippen molar-refractivity contribution in [1.82, 2.24) is 15.4 Å². The number of hydroxylamine groups is 1. The zero-order chi connectivity index (χ0) is 17.6. The van der Waals surface area contributed by atoms with E-state index in [1.807, 2.05) is 6.07 Å². The highest BCUT2D eigenvalue weighted by Gasteiger charge is 2.14. The molecule has 130 valence electrons. The van der Waals surface area contributed by atoms with Crippen molar-refractivity contribution in [1.29, 1.82) is 0 Å². The molecule has 2 aromatic rings. The van der Waals surface area contributed by atoms with E-state index in [1.54, 1.807) is 12.3 Å². The van der Waals surface area contributed by atoms with E-state index >= 15 is 0 Å². The van der Waals surface area contributed by atoms with Gasteiger partial charge in [-0.3, -0.25) is 5.48 Å². The molecule has 0 atom stereocenters. The van der Waals surface area contributed by atoms with E-state index in [0.717, 1.165) is 16.9 Å². The number of hydrogen-bond donors (Lipinski definition) is 3. The van der Waals surface area contributed by atoms with Gasteiger partial charge in [-0.15, -0.1) is 0 Å². The highest BCUT2D eigenvalue weighted by atomic mass is 28.3. The molecule has 0 radical (unpaired) electrons. The van der Waals surface area contributed by atoms with Gasteiger partial charge in [0.2, 0.25) is 0 Å². The van der Waals surface area contributed by atoms with Crippen LogP contribution in [-0.4, -0.2) is 42.5 Å². The van der Waals surface area contributed by atoms with Crippen molar-refractivity contribution in [2.45, 2.75) is 25.7 Å². The summed E-state index contributed by atoms with van der Waals surface area (Å²) in [6.07, 6.45) is 6.39. The number of carboxylic acids is 1. The molecular formula is C16H23N3O4Si. The summed E-state index contributed by atoms with van der Waals surface area (Å²) in [5.41, 5.74) is 3.91. The van der Waals surface area contributed by atoms with Crippen molar-refractivity contribution >= 4 is 31.0 Å². The normalized spacial score (nSPS) is 12.1. The van der Waals surface area contributed by atoms with Crippen LogP contribution in [0.4, 0.5) is 0 Å². The maximum Gasteiger partial charge on any atom is 0.355 e. The van der Waals surface area contributed by atoms with Crippen LogP contribution in [-0.2, 0) is 9.57 Å². The van der Waals surface area contributed by atoms with Crippen LogP contribution in [0.5, 0.6) is 0 Å². The number of H-pyrrole nitrogens is 1. The Morgan fingerprint density at radius 1 is 1.46 bits per heavy atom. The first-order valence-corrected chi connectivity index (χ1v) is 11.4. The lowest BCUT2D eigenvalue weighted by Gasteiger charge is -2.15. The van der Waals surface area contributed by atoms with E-state index < -0.39 is 14.0 Å². The molecule has 8 heteroatoms. The number of carboxylic acid groups (broad SMARTS) is 1. The molecule has 2 aromatic heterocycles. The summed E-state index contributed by atoms with van der Waals surface area (Å²) < 4.78 is 5.39. The Morgan fingerprint density at radius 2 is 2.25 bits per heavy atom. The second-order valence-electron chi connectivity index (χ2n) is 6.56. The monoisotopic (exact) mass is 349 g/mol. The average molecular weight is 349 g/mol. The highest BCUT2D eigenvalue weighted by molar-refractivity contribution is 6.76. The number of nitrogens with zero attached hydrogens (tertiary/aromatic N) is 1. The number of fused-ring (bicyclic) bond motifs is 1. The molecule has 24 heavy (non-hydrogen) atoms. The summed E-state index contributed by atoms with van der Waals surface area (Å²) >= 11 is 0. The lowest BCUT2D eigenvalue weighted by molar-refractivity contribution is -0.0816. The Balaban J connectivity index is 1.88. The van der Waals surface area contributed by atoms with Crippen molar-refractivity contribution in [3.05, 3.63) is 35.9 Å². The zero-order valence-corrected chi connectivity index (χ0v) is 15.1. The quantitative estimate of drug-likeness (QED) is 0.279. The van der Waals surface area contributed by atoms with E-state index in [-0.39, 0.29) is 12.5 Å². The van der Waals surface area contributed by atoms with Gasteiger partial charge in [-0.05, 0) is 18.2 Å². The fourth-order valence-corrected chi connectivity index (χ4v) is 2.82. The molecule has 7 nitrogen and oxygen atoms in total. The van der Waals surface area contributed by atoms with Gasteiger partial charge >= 0.3 is 5.97 Å². The van der Waals surface area contributed by atoms with Gasteiger partial charge in [0.05, 0.1) is 11.7 Å². The Hall–Kier alpha value is -2.16. The Morgan fingerprint density at radius 3 is 2.96 bits per heavy atom. The molecule has 0 saturated carbocycles. The molecule has 0 saturated heterocycles. The van der Waals surface area contributed by atoms with Gasteiger partial charge in [0.25, 0.3) is 0 Å². The predicted molar refractivity (Wildman–Crippen MR) is 95.3 cm³/mol. The zero-order valence-electron chi connectivity index (χ0n) is 14.1. The molecule has 0 aromatic carbocycles. The van der Waals surface area contributed by atoms with Crippen molar-refractivity contribution < 1.29 is 19.5 Å². The third-order valence-electron chi connectivity index (χ3n) is 3.39. The first-order valence-electron chi connectivity index (χ1n) is 7.69. The first-order chi connectivity index (χ1) is 11.4. The van der Waals surface area contributed by atoms with Crippen LogP contribution >= 0.6 is 0 Å². The van der Waals surface area contributed by atoms with Gasteiger partial charge in [-0.25, -0.2) is 14.6 Å². The Bertz CT molecular complexity index is 722. The number of aromatic nitrogens is 2. The summed E-state index contributed by atoms with van der Waals surface area (Å²) in [5, 5.41) is 10.0. The van der Waals surface area contributed by atoms with Gasteiger partial charge in [0, 0.05) is 38.0 Å². The second kappa shape index (κ2) is 8.09. The number of carbonyl (C=O) groups is 1. The van der Waals surface area contributed by atoms with E-state index in [0.29, 0.717) is 12.2 Å². The van der Waals surface area contributed by atoms with Gasteiger partial charge < -0.3 is 14.8 Å². The summed E-state index contributed by atoms with van der Waals surface area (Å²) in [6.45, 7) is 7.67. The molecule has 0 unspecified atom stereocenters. The molecule has 0 fully saturated rings. The molecule has 0 aliphatic heterocycles. The van der Waals surface area contributed by atoms with Crippen LogP contribution in [0.3, 0.4) is 0 Å². The fourth-order valence-electron chi connectivity index (χ4n) is 2.07. The topological polar surface area (TPSA) is 96.5 Å². The summed E-state index contributed by atoms with van der Waals surface area (Å²) in [6, 6.07) is 2.89. The van der Waals surface area contributed by atoms with E-state index in [2.05, 4.69) is 35.1 Å². The summed E-state index contributed by atoms with van der Waals surface area (Å²) in [7, 11) is -1.09. The number of pyridine rings is 1. The smallest absolute Gasteiger partial charge is 0.355 e. The largest absolute Gasteiger partial charge is 0.476 e. The minimum atomic E-state index is -1.09. The third kappa shape index (κ3) is 5.19. The van der Waals surface area contributed by atoms with Crippen LogP contribution in [0.15, 0.2) is 24.7 Å². The standard InChI is InChI=1S/C16H23N3O4Si/c1-24(2,3)9-8-22-11-23-19-7-5-13-12-4-6-17-14(12)10-18-15(13)16(20)21/h4-7,10,17,19H,8-9,11H2,1-3H3,(H,20,21). The van der Waals surface area contributed by atoms with Crippen LogP contribution in [0.2, 0.25) is 25.7 Å². The lowest BCUT2D eigenvalue weighted by atomic mass is 10.1. The molecule has 0 amide bonds. The van der Waals surface area contributed by atoms with Crippen molar-refractivity contribution in [2.75, 3.05) is 13.4 Å². The molecule has 0 bridgehead atoms. The van der Waals surface area contributed by atoms with Crippen molar-refractivity contribution in [3.8, 4) is 0 Å².